The predicted molar refractivity (Wildman–Crippen MR) is 94.7 cm³/mol. The molecule has 1 atom stereocenters. The molecule has 7 heteroatoms. The molecule has 2 aromatic carbocycles. The summed E-state index contributed by atoms with van der Waals surface area (Å²) in [6.45, 7) is 1.62. The van der Waals surface area contributed by atoms with Crippen molar-refractivity contribution < 1.29 is 22.5 Å². The molecule has 0 fully saturated rings. The van der Waals surface area contributed by atoms with Crippen molar-refractivity contribution in [2.24, 2.45) is 0 Å². The van der Waals surface area contributed by atoms with Crippen LogP contribution in [0.1, 0.15) is 18.1 Å². The number of carbonyl (C=O) groups excluding carboxylic acids is 1. The molecule has 0 saturated heterocycles. The summed E-state index contributed by atoms with van der Waals surface area (Å²) in [6.07, 6.45) is -0.514. The van der Waals surface area contributed by atoms with E-state index in [1.807, 2.05) is 60.7 Å². The summed E-state index contributed by atoms with van der Waals surface area (Å²) in [5, 5.41) is 2.57. The maximum absolute atomic E-state index is 12.1. The maximum atomic E-state index is 12.1. The first-order valence-electron chi connectivity index (χ1n) is 7.74. The van der Waals surface area contributed by atoms with E-state index < -0.39 is 27.5 Å². The van der Waals surface area contributed by atoms with Gasteiger partial charge < -0.3 is 10.1 Å². The van der Waals surface area contributed by atoms with Crippen LogP contribution in [-0.2, 0) is 27.9 Å². The monoisotopic (exact) mass is 363 g/mol. The van der Waals surface area contributed by atoms with Crippen molar-refractivity contribution in [1.82, 2.24) is 5.32 Å². The van der Waals surface area contributed by atoms with Crippen LogP contribution in [0, 0.1) is 0 Å². The first-order valence-corrected chi connectivity index (χ1v) is 9.35. The number of amides is 1. The summed E-state index contributed by atoms with van der Waals surface area (Å²) in [6, 6.07) is 18.2. The topological polar surface area (TPSA) is 92.7 Å². The van der Waals surface area contributed by atoms with Gasteiger partial charge in [0.25, 0.3) is 10.1 Å². The second-order valence-corrected chi connectivity index (χ2v) is 7.59. The highest BCUT2D eigenvalue weighted by atomic mass is 32.2. The average molecular weight is 363 g/mol. The highest BCUT2D eigenvalue weighted by molar-refractivity contribution is 7.85. The van der Waals surface area contributed by atoms with Gasteiger partial charge in [0.15, 0.2) is 0 Å². The van der Waals surface area contributed by atoms with E-state index in [2.05, 4.69) is 5.32 Å². The minimum absolute atomic E-state index is 0.0694. The Labute approximate surface area is 147 Å². The summed E-state index contributed by atoms with van der Waals surface area (Å²) in [4.78, 5) is 12.1. The molecule has 0 bridgehead atoms. The zero-order chi connectivity index (χ0) is 18.3. The maximum Gasteiger partial charge on any atom is 0.407 e. The van der Waals surface area contributed by atoms with Gasteiger partial charge in [0.1, 0.15) is 6.61 Å². The molecule has 0 radical (unpaired) electrons. The molecule has 2 rings (SSSR count). The summed E-state index contributed by atoms with van der Waals surface area (Å²) in [5.41, 5.74) is 0.442. The van der Waals surface area contributed by atoms with Crippen LogP contribution >= 0.6 is 0 Å². The molecule has 6 nitrogen and oxygen atoms in total. The Morgan fingerprint density at radius 3 is 2.08 bits per heavy atom. The predicted octanol–water partition coefficient (Wildman–Crippen LogP) is 2.80. The van der Waals surface area contributed by atoms with Crippen molar-refractivity contribution in [3.05, 3.63) is 71.8 Å². The first kappa shape index (κ1) is 19.0. The molecular formula is C18H21NO5S. The van der Waals surface area contributed by atoms with E-state index in [4.69, 9.17) is 4.74 Å². The number of rotatable bonds is 7. The summed E-state index contributed by atoms with van der Waals surface area (Å²) < 4.78 is 37.1. The van der Waals surface area contributed by atoms with Gasteiger partial charge in [0.05, 0.1) is 11.3 Å². The van der Waals surface area contributed by atoms with Gasteiger partial charge in [-0.25, -0.2) is 4.79 Å². The highest BCUT2D eigenvalue weighted by Gasteiger charge is 2.32. The first-order chi connectivity index (χ1) is 11.8. The van der Waals surface area contributed by atoms with Crippen LogP contribution in [0.25, 0.3) is 0 Å². The van der Waals surface area contributed by atoms with E-state index in [0.717, 1.165) is 11.1 Å². The lowest BCUT2D eigenvalue weighted by Crippen LogP contribution is -2.52. The molecule has 0 saturated carbocycles. The average Bonchev–Trinajstić information content (AvgIpc) is 2.52. The van der Waals surface area contributed by atoms with Gasteiger partial charge in [0, 0.05) is 0 Å². The molecule has 1 amide bonds. The number of hydrogen-bond donors (Lipinski definition) is 2. The highest BCUT2D eigenvalue weighted by Crippen LogP contribution is 2.16. The third-order valence-electron chi connectivity index (χ3n) is 3.55. The fourth-order valence-corrected chi connectivity index (χ4v) is 3.57. The summed E-state index contributed by atoms with van der Waals surface area (Å²) in [7, 11) is -4.28. The standard InChI is InChI=1S/C18H21NO5S/c1-18(14-25(21,22)23,12-15-8-4-2-5-9-15)19-17(20)24-13-16-10-6-3-7-11-16/h2-11H,12-14H2,1H3,(H,19,20)(H,21,22,23). The van der Waals surface area contributed by atoms with E-state index in [0.29, 0.717) is 0 Å². The van der Waals surface area contributed by atoms with E-state index in [-0.39, 0.29) is 13.0 Å². The molecule has 0 aliphatic carbocycles. The lowest BCUT2D eigenvalue weighted by atomic mass is 9.95. The lowest BCUT2D eigenvalue weighted by Gasteiger charge is -2.29. The van der Waals surface area contributed by atoms with Gasteiger partial charge in [-0.15, -0.1) is 0 Å². The quantitative estimate of drug-likeness (QED) is 0.738. The Hall–Kier alpha value is -2.38. The molecule has 25 heavy (non-hydrogen) atoms. The van der Waals surface area contributed by atoms with E-state index >= 15 is 0 Å². The zero-order valence-corrected chi connectivity index (χ0v) is 14.7. The lowest BCUT2D eigenvalue weighted by molar-refractivity contribution is 0.129. The third kappa shape index (κ3) is 6.94. The van der Waals surface area contributed by atoms with Gasteiger partial charge in [-0.3, -0.25) is 4.55 Å². The number of alkyl carbamates (subject to hydrolysis) is 1. The minimum atomic E-state index is -4.28. The number of benzene rings is 2. The van der Waals surface area contributed by atoms with Crippen LogP contribution in [0.2, 0.25) is 0 Å². The number of nitrogens with one attached hydrogen (secondary N) is 1. The molecule has 0 aromatic heterocycles. The molecule has 2 aromatic rings. The molecule has 0 aliphatic heterocycles. The van der Waals surface area contributed by atoms with Gasteiger partial charge in [0.2, 0.25) is 0 Å². The second-order valence-electron chi connectivity index (χ2n) is 6.14. The van der Waals surface area contributed by atoms with Gasteiger partial charge in [-0.2, -0.15) is 8.42 Å². The Bertz CT molecular complexity index is 793. The molecule has 2 N–H and O–H groups in total. The smallest absolute Gasteiger partial charge is 0.407 e. The number of ether oxygens (including phenoxy) is 1. The SMILES string of the molecule is CC(Cc1ccccc1)(CS(=O)(=O)O)NC(=O)OCc1ccccc1. The van der Waals surface area contributed by atoms with Crippen LogP contribution in [-0.4, -0.2) is 30.4 Å². The van der Waals surface area contributed by atoms with Gasteiger partial charge >= 0.3 is 6.09 Å². The fourth-order valence-electron chi connectivity index (χ4n) is 2.59. The van der Waals surface area contributed by atoms with Crippen LogP contribution in [0.4, 0.5) is 4.79 Å². The van der Waals surface area contributed by atoms with Crippen LogP contribution in [0.5, 0.6) is 0 Å². The summed E-state index contributed by atoms with van der Waals surface area (Å²) in [5.74, 6) is -0.616. The normalized spacial score (nSPS) is 13.7. The largest absolute Gasteiger partial charge is 0.445 e. The summed E-state index contributed by atoms with van der Waals surface area (Å²) >= 11 is 0. The van der Waals surface area contributed by atoms with E-state index in [9.17, 15) is 17.8 Å². The minimum Gasteiger partial charge on any atom is -0.445 e. The van der Waals surface area contributed by atoms with Gasteiger partial charge in [-0.05, 0) is 24.5 Å². The molecule has 0 heterocycles. The molecule has 1 unspecified atom stereocenters. The van der Waals surface area contributed by atoms with Crippen LogP contribution in [0.3, 0.4) is 0 Å². The Balaban J connectivity index is 2.05. The van der Waals surface area contributed by atoms with Gasteiger partial charge in [-0.1, -0.05) is 60.7 Å². The van der Waals surface area contributed by atoms with E-state index in [1.54, 1.807) is 6.92 Å². The van der Waals surface area contributed by atoms with Crippen molar-refractivity contribution in [1.29, 1.82) is 0 Å². The van der Waals surface area contributed by atoms with Crippen LogP contribution < -0.4 is 5.32 Å². The zero-order valence-electron chi connectivity index (χ0n) is 13.9. The third-order valence-corrected chi connectivity index (χ3v) is 4.56. The van der Waals surface area contributed by atoms with Crippen molar-refractivity contribution in [3.8, 4) is 0 Å². The van der Waals surface area contributed by atoms with E-state index in [1.165, 1.54) is 0 Å². The van der Waals surface area contributed by atoms with Crippen LogP contribution in [0.15, 0.2) is 60.7 Å². The number of hydrogen-bond acceptors (Lipinski definition) is 4. The van der Waals surface area contributed by atoms with Crippen molar-refractivity contribution in [3.63, 3.8) is 0 Å². The van der Waals surface area contributed by atoms with Crippen molar-refractivity contribution in [2.45, 2.75) is 25.5 Å². The fraction of sp³-hybridized carbons (Fsp3) is 0.278. The Kier molecular flexibility index (Phi) is 6.17. The second kappa shape index (κ2) is 8.13. The molecule has 0 spiro atoms. The molecule has 134 valence electrons. The van der Waals surface area contributed by atoms with Crippen molar-refractivity contribution in [2.75, 3.05) is 5.75 Å². The molecular weight excluding hydrogens is 342 g/mol. The Morgan fingerprint density at radius 1 is 1.04 bits per heavy atom. The number of carbonyl (C=O) groups is 1. The van der Waals surface area contributed by atoms with Crippen molar-refractivity contribution >= 4 is 16.2 Å². The Morgan fingerprint density at radius 2 is 1.56 bits per heavy atom. The molecule has 0 aliphatic rings.